The minimum absolute atomic E-state index is 0.135. The number of hydrogen-bond acceptors (Lipinski definition) is 2. The van der Waals surface area contributed by atoms with Crippen molar-refractivity contribution < 1.29 is 9.53 Å². The number of carbonyl (C=O) groups is 1. The molecule has 0 amide bonds. The first kappa shape index (κ1) is 11.8. The maximum Gasteiger partial charge on any atom is 0.305 e. The van der Waals surface area contributed by atoms with Crippen LogP contribution in [-0.2, 0) is 9.53 Å². The van der Waals surface area contributed by atoms with Crippen LogP contribution in [0.25, 0.3) is 0 Å². The van der Waals surface area contributed by atoms with E-state index in [9.17, 15) is 4.79 Å². The molecule has 0 heterocycles. The SMILES string of the molecule is COC(=O)C[C@H](C)CC(C)CCl. The first-order valence-electron chi connectivity index (χ1n) is 4.23. The number of halogens is 1. The normalized spacial score (nSPS) is 15.3. The number of alkyl halides is 1. The maximum atomic E-state index is 10.8. The molecule has 0 aromatic carbocycles. The van der Waals surface area contributed by atoms with Gasteiger partial charge in [-0.05, 0) is 18.3 Å². The molecule has 2 atom stereocenters. The third-order valence-electron chi connectivity index (χ3n) is 1.81. The quantitative estimate of drug-likeness (QED) is 0.494. The van der Waals surface area contributed by atoms with E-state index in [0.29, 0.717) is 24.1 Å². The topological polar surface area (TPSA) is 26.3 Å². The third-order valence-corrected chi connectivity index (χ3v) is 2.34. The highest BCUT2D eigenvalue weighted by Crippen LogP contribution is 2.16. The molecule has 0 bridgehead atoms. The van der Waals surface area contributed by atoms with E-state index in [1.807, 2.05) is 6.92 Å². The summed E-state index contributed by atoms with van der Waals surface area (Å²) >= 11 is 5.65. The Morgan fingerprint density at radius 3 is 2.42 bits per heavy atom. The number of hydrogen-bond donors (Lipinski definition) is 0. The molecule has 72 valence electrons. The van der Waals surface area contributed by atoms with Gasteiger partial charge in [-0.1, -0.05) is 13.8 Å². The molecule has 1 unspecified atom stereocenters. The minimum atomic E-state index is -0.135. The second-order valence-corrected chi connectivity index (χ2v) is 3.69. The number of rotatable bonds is 5. The van der Waals surface area contributed by atoms with E-state index in [0.717, 1.165) is 6.42 Å². The van der Waals surface area contributed by atoms with Crippen molar-refractivity contribution in [3.8, 4) is 0 Å². The zero-order valence-corrected chi connectivity index (χ0v) is 8.73. The van der Waals surface area contributed by atoms with Gasteiger partial charge >= 0.3 is 5.97 Å². The van der Waals surface area contributed by atoms with Crippen LogP contribution in [0.15, 0.2) is 0 Å². The summed E-state index contributed by atoms with van der Waals surface area (Å²) in [4.78, 5) is 10.8. The fraction of sp³-hybridized carbons (Fsp3) is 0.889. The standard InChI is InChI=1S/C9H17ClO2/c1-7(4-8(2)6-10)5-9(11)12-3/h7-8H,4-6H2,1-3H3/t7-,8?/m1/s1. The van der Waals surface area contributed by atoms with E-state index in [1.54, 1.807) is 0 Å². The fourth-order valence-electron chi connectivity index (χ4n) is 1.20. The van der Waals surface area contributed by atoms with Gasteiger partial charge in [0.1, 0.15) is 0 Å². The van der Waals surface area contributed by atoms with Crippen LogP contribution in [0, 0.1) is 11.8 Å². The number of carbonyl (C=O) groups excluding carboxylic acids is 1. The first-order chi connectivity index (χ1) is 5.60. The number of ether oxygens (including phenoxy) is 1. The minimum Gasteiger partial charge on any atom is -0.469 e. The first-order valence-corrected chi connectivity index (χ1v) is 4.76. The Bertz CT molecular complexity index is 136. The van der Waals surface area contributed by atoms with Gasteiger partial charge in [0.2, 0.25) is 0 Å². The smallest absolute Gasteiger partial charge is 0.305 e. The summed E-state index contributed by atoms with van der Waals surface area (Å²) in [5, 5.41) is 0. The van der Waals surface area contributed by atoms with E-state index in [2.05, 4.69) is 11.7 Å². The predicted octanol–water partition coefficient (Wildman–Crippen LogP) is 2.45. The Kier molecular flexibility index (Phi) is 6.17. The van der Waals surface area contributed by atoms with Crippen molar-refractivity contribution in [2.45, 2.75) is 26.7 Å². The Hall–Kier alpha value is -0.240. The molecular weight excluding hydrogens is 176 g/mol. The molecule has 0 aliphatic carbocycles. The van der Waals surface area contributed by atoms with Crippen LogP contribution in [0.1, 0.15) is 26.7 Å². The molecule has 0 saturated heterocycles. The van der Waals surface area contributed by atoms with Crippen LogP contribution in [0.4, 0.5) is 0 Å². The van der Waals surface area contributed by atoms with Crippen molar-refractivity contribution in [1.29, 1.82) is 0 Å². The number of methoxy groups -OCH3 is 1. The second-order valence-electron chi connectivity index (χ2n) is 3.38. The van der Waals surface area contributed by atoms with Crippen LogP contribution in [0.2, 0.25) is 0 Å². The van der Waals surface area contributed by atoms with Crippen molar-refractivity contribution in [1.82, 2.24) is 0 Å². The molecule has 12 heavy (non-hydrogen) atoms. The highest BCUT2D eigenvalue weighted by atomic mass is 35.5. The van der Waals surface area contributed by atoms with Gasteiger partial charge in [0.05, 0.1) is 7.11 Å². The Balaban J connectivity index is 3.58. The van der Waals surface area contributed by atoms with Gasteiger partial charge in [0.25, 0.3) is 0 Å². The average Bonchev–Trinajstić information content (AvgIpc) is 2.03. The molecule has 0 fully saturated rings. The number of esters is 1. The molecule has 0 rings (SSSR count). The zero-order chi connectivity index (χ0) is 9.56. The molecule has 0 aliphatic heterocycles. The molecule has 0 aromatic rings. The molecule has 0 spiro atoms. The molecule has 0 radical (unpaired) electrons. The Labute approximate surface area is 79.2 Å². The molecule has 0 N–H and O–H groups in total. The van der Waals surface area contributed by atoms with Gasteiger partial charge in [-0.3, -0.25) is 4.79 Å². The summed E-state index contributed by atoms with van der Waals surface area (Å²) in [6.45, 7) is 4.13. The van der Waals surface area contributed by atoms with Gasteiger partial charge in [-0.25, -0.2) is 0 Å². The molecule has 0 saturated carbocycles. The van der Waals surface area contributed by atoms with E-state index >= 15 is 0 Å². The van der Waals surface area contributed by atoms with E-state index in [4.69, 9.17) is 11.6 Å². The zero-order valence-electron chi connectivity index (χ0n) is 7.97. The predicted molar refractivity (Wildman–Crippen MR) is 50.3 cm³/mol. The van der Waals surface area contributed by atoms with Crippen molar-refractivity contribution in [3.05, 3.63) is 0 Å². The van der Waals surface area contributed by atoms with Crippen LogP contribution < -0.4 is 0 Å². The van der Waals surface area contributed by atoms with Crippen LogP contribution in [0.3, 0.4) is 0 Å². The summed E-state index contributed by atoms with van der Waals surface area (Å²) in [5.41, 5.74) is 0. The summed E-state index contributed by atoms with van der Waals surface area (Å²) < 4.78 is 4.56. The van der Waals surface area contributed by atoms with Gasteiger partial charge in [0, 0.05) is 12.3 Å². The lowest BCUT2D eigenvalue weighted by atomic mass is 9.96. The van der Waals surface area contributed by atoms with E-state index in [1.165, 1.54) is 7.11 Å². The summed E-state index contributed by atoms with van der Waals surface area (Å²) in [6.07, 6.45) is 1.48. The lowest BCUT2D eigenvalue weighted by molar-refractivity contribution is -0.141. The summed E-state index contributed by atoms with van der Waals surface area (Å²) in [5.74, 6) is 1.37. The lowest BCUT2D eigenvalue weighted by Gasteiger charge is -2.13. The van der Waals surface area contributed by atoms with Gasteiger partial charge in [0.15, 0.2) is 0 Å². The summed E-state index contributed by atoms with van der Waals surface area (Å²) in [6, 6.07) is 0. The highest BCUT2D eigenvalue weighted by molar-refractivity contribution is 6.18. The molecule has 3 heteroatoms. The van der Waals surface area contributed by atoms with E-state index in [-0.39, 0.29) is 5.97 Å². The van der Waals surface area contributed by atoms with Crippen LogP contribution >= 0.6 is 11.6 Å². The van der Waals surface area contributed by atoms with E-state index < -0.39 is 0 Å². The average molecular weight is 193 g/mol. The molecular formula is C9H17ClO2. The van der Waals surface area contributed by atoms with Crippen molar-refractivity contribution >= 4 is 17.6 Å². The maximum absolute atomic E-state index is 10.8. The van der Waals surface area contributed by atoms with Crippen molar-refractivity contribution in [2.24, 2.45) is 11.8 Å². The van der Waals surface area contributed by atoms with Gasteiger partial charge in [-0.2, -0.15) is 0 Å². The van der Waals surface area contributed by atoms with Crippen LogP contribution in [0.5, 0.6) is 0 Å². The molecule has 2 nitrogen and oxygen atoms in total. The monoisotopic (exact) mass is 192 g/mol. The highest BCUT2D eigenvalue weighted by Gasteiger charge is 2.12. The molecule has 0 aromatic heterocycles. The van der Waals surface area contributed by atoms with Crippen LogP contribution in [-0.4, -0.2) is 19.0 Å². The summed E-state index contributed by atoms with van der Waals surface area (Å²) in [7, 11) is 1.42. The van der Waals surface area contributed by atoms with Crippen molar-refractivity contribution in [3.63, 3.8) is 0 Å². The third kappa shape index (κ3) is 5.42. The second kappa shape index (κ2) is 6.30. The van der Waals surface area contributed by atoms with Gasteiger partial charge in [-0.15, -0.1) is 11.6 Å². The van der Waals surface area contributed by atoms with Gasteiger partial charge < -0.3 is 4.74 Å². The lowest BCUT2D eigenvalue weighted by Crippen LogP contribution is -2.10. The molecule has 0 aliphatic rings. The van der Waals surface area contributed by atoms with Crippen molar-refractivity contribution in [2.75, 3.05) is 13.0 Å². The fourth-order valence-corrected chi connectivity index (χ4v) is 1.33. The largest absolute Gasteiger partial charge is 0.469 e. The Morgan fingerprint density at radius 1 is 1.42 bits per heavy atom. The Morgan fingerprint density at radius 2 is 2.00 bits per heavy atom.